The highest BCUT2D eigenvalue weighted by atomic mass is 19.4. The lowest BCUT2D eigenvalue weighted by atomic mass is 10.1. The number of pyridine rings is 1. The summed E-state index contributed by atoms with van der Waals surface area (Å²) < 4.78 is 50.7. The van der Waals surface area contributed by atoms with Gasteiger partial charge in [0.2, 0.25) is 0 Å². The van der Waals surface area contributed by atoms with E-state index in [0.29, 0.717) is 31.5 Å². The second-order valence-corrected chi connectivity index (χ2v) is 7.69. The van der Waals surface area contributed by atoms with E-state index in [0.717, 1.165) is 12.3 Å². The molecule has 1 aliphatic rings. The number of carbonyl (C=O) groups excluding carboxylic acids is 2. The van der Waals surface area contributed by atoms with E-state index >= 15 is 0 Å². The molecule has 3 aromatic rings. The summed E-state index contributed by atoms with van der Waals surface area (Å²) in [6, 6.07) is 3.71. The maximum Gasteiger partial charge on any atom is 0.417 e. The molecule has 4 heterocycles. The number of nitrogen functional groups attached to an aromatic ring is 1. The van der Waals surface area contributed by atoms with Gasteiger partial charge in [-0.2, -0.15) is 18.3 Å². The molecule has 4 rings (SSSR count). The van der Waals surface area contributed by atoms with Crippen LogP contribution in [0.5, 0.6) is 0 Å². The topological polar surface area (TPSA) is 139 Å². The molecule has 10 nitrogen and oxygen atoms in total. The number of aromatic amines is 1. The highest BCUT2D eigenvalue weighted by Crippen LogP contribution is 2.35. The molecule has 0 bridgehead atoms. The van der Waals surface area contributed by atoms with E-state index in [9.17, 15) is 22.8 Å². The van der Waals surface area contributed by atoms with Crippen molar-refractivity contribution in [2.75, 3.05) is 29.0 Å². The van der Waals surface area contributed by atoms with Gasteiger partial charge in [-0.1, -0.05) is 0 Å². The standard InChI is InChI=1S/C21H21F3N6O4/c1-11(31)33-13-4-6-30(7-5-13)19-15(8-12(9-26-19)21(22,23)24)28-20(32)17-3-2-16(34-17)14-10-27-29-18(14)25/h2-3,8-10,13H,4-7H2,1H3,(H,28,32)(H3,25,27,29). The fraction of sp³-hybridized carbons (Fsp3) is 0.333. The molecular formula is C21H21F3N6O4. The van der Waals surface area contributed by atoms with Crippen LogP contribution in [0.1, 0.15) is 35.9 Å². The van der Waals surface area contributed by atoms with E-state index in [1.165, 1.54) is 25.3 Å². The van der Waals surface area contributed by atoms with Crippen molar-refractivity contribution in [3.8, 4) is 11.3 Å². The van der Waals surface area contributed by atoms with Crippen molar-refractivity contribution in [1.82, 2.24) is 15.2 Å². The minimum atomic E-state index is -4.65. The monoisotopic (exact) mass is 478 g/mol. The molecule has 0 aliphatic carbocycles. The highest BCUT2D eigenvalue weighted by molar-refractivity contribution is 6.04. The van der Waals surface area contributed by atoms with Crippen molar-refractivity contribution in [3.63, 3.8) is 0 Å². The molecule has 0 unspecified atom stereocenters. The van der Waals surface area contributed by atoms with Crippen LogP contribution in [-0.2, 0) is 15.7 Å². The Morgan fingerprint density at radius 1 is 1.29 bits per heavy atom. The Morgan fingerprint density at radius 3 is 2.65 bits per heavy atom. The third-order valence-corrected chi connectivity index (χ3v) is 5.28. The second-order valence-electron chi connectivity index (χ2n) is 7.69. The summed E-state index contributed by atoms with van der Waals surface area (Å²) in [6.45, 7) is 2.08. The van der Waals surface area contributed by atoms with Gasteiger partial charge in [0.25, 0.3) is 5.91 Å². The molecule has 0 aromatic carbocycles. The van der Waals surface area contributed by atoms with Gasteiger partial charge in [-0.05, 0) is 18.2 Å². The van der Waals surface area contributed by atoms with E-state index in [-0.39, 0.29) is 34.9 Å². The van der Waals surface area contributed by atoms with E-state index in [4.69, 9.17) is 14.9 Å². The van der Waals surface area contributed by atoms with Crippen molar-refractivity contribution < 1.29 is 31.9 Å². The van der Waals surface area contributed by atoms with E-state index in [2.05, 4.69) is 20.5 Å². The molecule has 34 heavy (non-hydrogen) atoms. The van der Waals surface area contributed by atoms with Gasteiger partial charge in [-0.15, -0.1) is 0 Å². The lowest BCUT2D eigenvalue weighted by Crippen LogP contribution is -2.38. The van der Waals surface area contributed by atoms with Crippen LogP contribution in [0.2, 0.25) is 0 Å². The van der Waals surface area contributed by atoms with Crippen molar-refractivity contribution in [3.05, 3.63) is 41.9 Å². The minimum absolute atomic E-state index is 0.119. The first-order valence-electron chi connectivity index (χ1n) is 10.3. The number of furan rings is 1. The van der Waals surface area contributed by atoms with Crippen molar-refractivity contribution in [2.45, 2.75) is 32.0 Å². The number of piperidine rings is 1. The molecule has 1 aliphatic heterocycles. The number of alkyl halides is 3. The van der Waals surface area contributed by atoms with Crippen LogP contribution in [0.25, 0.3) is 11.3 Å². The lowest BCUT2D eigenvalue weighted by Gasteiger charge is -2.33. The molecule has 1 saturated heterocycles. The number of nitrogens with two attached hydrogens (primary N) is 1. The van der Waals surface area contributed by atoms with Gasteiger partial charge < -0.3 is 25.1 Å². The number of hydrogen-bond acceptors (Lipinski definition) is 8. The number of rotatable bonds is 5. The zero-order valence-electron chi connectivity index (χ0n) is 18.0. The molecule has 0 spiro atoms. The van der Waals surface area contributed by atoms with Crippen LogP contribution < -0.4 is 16.0 Å². The third kappa shape index (κ3) is 4.97. The highest BCUT2D eigenvalue weighted by Gasteiger charge is 2.33. The zero-order chi connectivity index (χ0) is 24.5. The summed E-state index contributed by atoms with van der Waals surface area (Å²) in [7, 11) is 0. The van der Waals surface area contributed by atoms with Gasteiger partial charge in [-0.25, -0.2) is 4.98 Å². The molecular weight excluding hydrogens is 457 g/mol. The number of halogens is 3. The number of anilines is 3. The maximum atomic E-state index is 13.3. The summed E-state index contributed by atoms with van der Waals surface area (Å²) in [5.74, 6) is -0.672. The zero-order valence-corrected chi connectivity index (χ0v) is 18.0. The Balaban J connectivity index is 1.57. The van der Waals surface area contributed by atoms with E-state index in [1.54, 1.807) is 4.90 Å². The number of ether oxygens (including phenoxy) is 1. The average Bonchev–Trinajstić information content (AvgIpc) is 3.42. The van der Waals surface area contributed by atoms with Crippen LogP contribution in [0.3, 0.4) is 0 Å². The number of H-pyrrole nitrogens is 1. The molecule has 0 atom stereocenters. The van der Waals surface area contributed by atoms with Crippen molar-refractivity contribution >= 4 is 29.2 Å². The van der Waals surface area contributed by atoms with E-state index in [1.807, 2.05) is 0 Å². The Hall–Kier alpha value is -4.03. The summed E-state index contributed by atoms with van der Waals surface area (Å²) in [6.07, 6.45) is -1.77. The van der Waals surface area contributed by atoms with Crippen LogP contribution in [0.15, 0.2) is 35.0 Å². The molecule has 4 N–H and O–H groups in total. The number of esters is 1. The molecule has 0 saturated carbocycles. The number of carbonyl (C=O) groups is 2. The van der Waals surface area contributed by atoms with Gasteiger partial charge in [0.15, 0.2) is 17.4 Å². The summed E-state index contributed by atoms with van der Waals surface area (Å²) in [4.78, 5) is 29.7. The van der Waals surface area contributed by atoms with Crippen LogP contribution in [0.4, 0.5) is 30.5 Å². The van der Waals surface area contributed by atoms with E-state index < -0.39 is 23.6 Å². The largest absolute Gasteiger partial charge is 0.462 e. The SMILES string of the molecule is CC(=O)OC1CCN(c2ncc(C(F)(F)F)cc2NC(=O)c2ccc(-c3c[nH]nc3N)o2)CC1. The number of hydrogen-bond donors (Lipinski definition) is 3. The fourth-order valence-corrected chi connectivity index (χ4v) is 3.66. The molecule has 0 radical (unpaired) electrons. The fourth-order valence-electron chi connectivity index (χ4n) is 3.66. The van der Waals surface area contributed by atoms with Gasteiger partial charge >= 0.3 is 12.1 Å². The smallest absolute Gasteiger partial charge is 0.417 e. The van der Waals surface area contributed by atoms with Gasteiger partial charge in [0, 0.05) is 45.2 Å². The normalized spacial score (nSPS) is 14.8. The Bertz CT molecular complexity index is 1200. The Kier molecular flexibility index (Phi) is 6.18. The summed E-state index contributed by atoms with van der Waals surface area (Å²) in [5.41, 5.74) is 5.04. The summed E-state index contributed by atoms with van der Waals surface area (Å²) >= 11 is 0. The van der Waals surface area contributed by atoms with Crippen LogP contribution >= 0.6 is 0 Å². The number of nitrogens with one attached hydrogen (secondary N) is 2. The number of aromatic nitrogens is 3. The first kappa shape index (κ1) is 23.1. The molecule has 13 heteroatoms. The van der Waals surface area contributed by atoms with Crippen LogP contribution in [0, 0.1) is 0 Å². The Labute approximate surface area is 191 Å². The maximum absolute atomic E-state index is 13.3. The van der Waals surface area contributed by atoms with Gasteiger partial charge in [0.05, 0.1) is 16.8 Å². The predicted molar refractivity (Wildman–Crippen MR) is 115 cm³/mol. The molecule has 1 fully saturated rings. The van der Waals surface area contributed by atoms with Crippen molar-refractivity contribution in [2.24, 2.45) is 0 Å². The average molecular weight is 478 g/mol. The van der Waals surface area contributed by atoms with Gasteiger partial charge in [0.1, 0.15) is 11.9 Å². The van der Waals surface area contributed by atoms with Crippen molar-refractivity contribution in [1.29, 1.82) is 0 Å². The Morgan fingerprint density at radius 2 is 2.03 bits per heavy atom. The first-order valence-corrected chi connectivity index (χ1v) is 10.3. The quantitative estimate of drug-likeness (QED) is 0.474. The lowest BCUT2D eigenvalue weighted by molar-refractivity contribution is -0.147. The predicted octanol–water partition coefficient (Wildman–Crippen LogP) is 3.45. The van der Waals surface area contributed by atoms with Crippen LogP contribution in [-0.4, -0.2) is 46.3 Å². The first-order chi connectivity index (χ1) is 16.1. The number of amides is 1. The minimum Gasteiger partial charge on any atom is -0.462 e. The summed E-state index contributed by atoms with van der Waals surface area (Å²) in [5, 5.41) is 8.82. The second kappa shape index (κ2) is 9.08. The third-order valence-electron chi connectivity index (χ3n) is 5.28. The molecule has 1 amide bonds. The number of nitrogens with zero attached hydrogens (tertiary/aromatic N) is 3. The molecule has 180 valence electrons. The van der Waals surface area contributed by atoms with Gasteiger partial charge in [-0.3, -0.25) is 14.7 Å². The molecule has 3 aromatic heterocycles.